The average molecular weight is 330 g/mol. The Bertz CT molecular complexity index is 719. The zero-order chi connectivity index (χ0) is 17.4. The maximum Gasteiger partial charge on any atom is 0.340 e. The van der Waals surface area contributed by atoms with Crippen LogP contribution in [0.3, 0.4) is 0 Å². The summed E-state index contributed by atoms with van der Waals surface area (Å²) in [6.45, 7) is 2.32. The summed E-state index contributed by atoms with van der Waals surface area (Å²) in [5.74, 6) is -0.798. The van der Waals surface area contributed by atoms with Crippen molar-refractivity contribution in [3.05, 3.63) is 65.5 Å². The van der Waals surface area contributed by atoms with Gasteiger partial charge in [0.25, 0.3) is 0 Å². The molecule has 5 nitrogen and oxygen atoms in total. The largest absolute Gasteiger partial charge is 0.462 e. The van der Waals surface area contributed by atoms with Gasteiger partial charge in [-0.25, -0.2) is 14.0 Å². The molecule has 2 rings (SSSR count). The molecule has 0 saturated heterocycles. The molecule has 0 aliphatic carbocycles. The molecule has 0 heterocycles. The van der Waals surface area contributed by atoms with E-state index in [0.29, 0.717) is 24.2 Å². The first kappa shape index (κ1) is 17.5. The summed E-state index contributed by atoms with van der Waals surface area (Å²) in [7, 11) is 0. The number of carbonyl (C=O) groups excluding carboxylic acids is 2. The van der Waals surface area contributed by atoms with Crippen LogP contribution in [0.4, 0.5) is 14.9 Å². The van der Waals surface area contributed by atoms with Crippen molar-refractivity contribution in [3.63, 3.8) is 0 Å². The summed E-state index contributed by atoms with van der Waals surface area (Å²) < 4.78 is 18.0. The molecule has 0 radical (unpaired) electrons. The smallest absolute Gasteiger partial charge is 0.340 e. The molecule has 2 amide bonds. The number of para-hydroxylation sites is 1. The minimum Gasteiger partial charge on any atom is -0.462 e. The fraction of sp³-hybridized carbons (Fsp3) is 0.222. The number of benzene rings is 2. The number of urea groups is 1. The van der Waals surface area contributed by atoms with Gasteiger partial charge in [0.2, 0.25) is 0 Å². The van der Waals surface area contributed by atoms with Crippen LogP contribution < -0.4 is 10.6 Å². The second-order valence-corrected chi connectivity index (χ2v) is 5.03. The summed E-state index contributed by atoms with van der Waals surface area (Å²) >= 11 is 0. The van der Waals surface area contributed by atoms with Gasteiger partial charge in [-0.3, -0.25) is 0 Å². The third-order valence-electron chi connectivity index (χ3n) is 3.26. The number of halogens is 1. The maximum absolute atomic E-state index is 13.1. The van der Waals surface area contributed by atoms with Crippen LogP contribution in [0.1, 0.15) is 22.8 Å². The second kappa shape index (κ2) is 8.67. The lowest BCUT2D eigenvalue weighted by atomic mass is 10.1. The molecule has 6 heteroatoms. The maximum atomic E-state index is 13.1. The number of hydrogen-bond acceptors (Lipinski definition) is 3. The van der Waals surface area contributed by atoms with Crippen LogP contribution in [-0.2, 0) is 11.2 Å². The fourth-order valence-electron chi connectivity index (χ4n) is 2.16. The highest BCUT2D eigenvalue weighted by Crippen LogP contribution is 2.16. The number of amides is 2. The van der Waals surface area contributed by atoms with E-state index in [2.05, 4.69) is 10.6 Å². The molecule has 24 heavy (non-hydrogen) atoms. The van der Waals surface area contributed by atoms with Gasteiger partial charge in [0, 0.05) is 6.54 Å². The third kappa shape index (κ3) is 5.08. The van der Waals surface area contributed by atoms with Crippen LogP contribution in [0.15, 0.2) is 48.5 Å². The fourth-order valence-corrected chi connectivity index (χ4v) is 2.16. The predicted octanol–water partition coefficient (Wildman–Crippen LogP) is 3.37. The van der Waals surface area contributed by atoms with Crippen molar-refractivity contribution in [2.75, 3.05) is 18.5 Å². The molecule has 0 unspecified atom stereocenters. The van der Waals surface area contributed by atoms with Crippen LogP contribution in [0.25, 0.3) is 0 Å². The van der Waals surface area contributed by atoms with Crippen LogP contribution in [-0.4, -0.2) is 25.2 Å². The molecule has 0 aliphatic rings. The van der Waals surface area contributed by atoms with Gasteiger partial charge in [-0.15, -0.1) is 0 Å². The molecule has 0 saturated carbocycles. The number of carbonyl (C=O) groups is 2. The van der Waals surface area contributed by atoms with Gasteiger partial charge in [-0.1, -0.05) is 24.3 Å². The lowest BCUT2D eigenvalue weighted by Crippen LogP contribution is -2.31. The average Bonchev–Trinajstić information content (AvgIpc) is 2.55. The van der Waals surface area contributed by atoms with Crippen molar-refractivity contribution in [2.24, 2.45) is 0 Å². The minimum absolute atomic E-state index is 0.257. The Kier molecular flexibility index (Phi) is 6.31. The molecule has 2 aromatic carbocycles. The first-order valence-electron chi connectivity index (χ1n) is 7.65. The number of ether oxygens (including phenoxy) is 1. The molecule has 0 aromatic heterocycles. The van der Waals surface area contributed by atoms with E-state index < -0.39 is 12.0 Å². The number of esters is 1. The predicted molar refractivity (Wildman–Crippen MR) is 89.5 cm³/mol. The monoisotopic (exact) mass is 330 g/mol. The molecule has 0 fully saturated rings. The Morgan fingerprint density at radius 3 is 2.67 bits per heavy atom. The molecule has 0 aliphatic heterocycles. The molecule has 0 atom stereocenters. The van der Waals surface area contributed by atoms with E-state index in [1.165, 1.54) is 12.1 Å². The van der Waals surface area contributed by atoms with Gasteiger partial charge in [-0.05, 0) is 43.2 Å². The Labute approximate surface area is 139 Å². The first-order chi connectivity index (χ1) is 11.6. The molecular formula is C18H19FN2O3. The molecule has 2 aromatic rings. The van der Waals surface area contributed by atoms with E-state index in [9.17, 15) is 14.0 Å². The number of hydrogen-bond donors (Lipinski definition) is 2. The number of rotatable bonds is 6. The molecule has 126 valence electrons. The van der Waals surface area contributed by atoms with Crippen molar-refractivity contribution in [2.45, 2.75) is 13.3 Å². The SMILES string of the molecule is CCOC(=O)c1ccccc1NC(=O)NCCc1cccc(F)c1. The Balaban J connectivity index is 1.89. The van der Waals surface area contributed by atoms with Crippen LogP contribution in [0.2, 0.25) is 0 Å². The number of nitrogens with one attached hydrogen (secondary N) is 2. The van der Waals surface area contributed by atoms with E-state index in [1.54, 1.807) is 43.3 Å². The summed E-state index contributed by atoms with van der Waals surface area (Å²) in [5, 5.41) is 5.30. The van der Waals surface area contributed by atoms with E-state index in [-0.39, 0.29) is 12.4 Å². The summed E-state index contributed by atoms with van der Waals surface area (Å²) in [6.07, 6.45) is 0.505. The van der Waals surface area contributed by atoms with Gasteiger partial charge < -0.3 is 15.4 Å². The summed E-state index contributed by atoms with van der Waals surface area (Å²) in [6, 6.07) is 12.4. The van der Waals surface area contributed by atoms with E-state index in [1.807, 2.05) is 0 Å². The quantitative estimate of drug-likeness (QED) is 0.798. The topological polar surface area (TPSA) is 67.4 Å². The van der Waals surface area contributed by atoms with Gasteiger partial charge in [-0.2, -0.15) is 0 Å². The first-order valence-corrected chi connectivity index (χ1v) is 7.65. The molecule has 2 N–H and O–H groups in total. The zero-order valence-electron chi connectivity index (χ0n) is 13.3. The third-order valence-corrected chi connectivity index (χ3v) is 3.26. The van der Waals surface area contributed by atoms with E-state index >= 15 is 0 Å². The van der Waals surface area contributed by atoms with Crippen molar-refractivity contribution >= 4 is 17.7 Å². The van der Waals surface area contributed by atoms with E-state index in [0.717, 1.165) is 5.56 Å². The van der Waals surface area contributed by atoms with Crippen LogP contribution in [0, 0.1) is 5.82 Å². The highest BCUT2D eigenvalue weighted by atomic mass is 19.1. The summed E-state index contributed by atoms with van der Waals surface area (Å²) in [5.41, 5.74) is 1.46. The Morgan fingerprint density at radius 2 is 1.92 bits per heavy atom. The summed E-state index contributed by atoms with van der Waals surface area (Å²) in [4.78, 5) is 23.8. The van der Waals surface area contributed by atoms with Crippen molar-refractivity contribution in [3.8, 4) is 0 Å². The molecular weight excluding hydrogens is 311 g/mol. The van der Waals surface area contributed by atoms with Crippen molar-refractivity contribution < 1.29 is 18.7 Å². The minimum atomic E-state index is -0.492. The van der Waals surface area contributed by atoms with Crippen molar-refractivity contribution in [1.82, 2.24) is 5.32 Å². The van der Waals surface area contributed by atoms with Gasteiger partial charge in [0.1, 0.15) is 5.82 Å². The standard InChI is InChI=1S/C18H19FN2O3/c1-2-24-17(22)15-8-3-4-9-16(15)21-18(23)20-11-10-13-6-5-7-14(19)12-13/h3-9,12H,2,10-11H2,1H3,(H2,20,21,23). The zero-order valence-corrected chi connectivity index (χ0v) is 13.3. The lowest BCUT2D eigenvalue weighted by molar-refractivity contribution is 0.0527. The van der Waals surface area contributed by atoms with Gasteiger partial charge in [0.15, 0.2) is 0 Å². The normalized spacial score (nSPS) is 10.1. The van der Waals surface area contributed by atoms with Gasteiger partial charge in [0.05, 0.1) is 17.9 Å². The van der Waals surface area contributed by atoms with E-state index in [4.69, 9.17) is 4.74 Å². The highest BCUT2D eigenvalue weighted by molar-refractivity contribution is 6.00. The molecule has 0 spiro atoms. The van der Waals surface area contributed by atoms with Crippen LogP contribution >= 0.6 is 0 Å². The second-order valence-electron chi connectivity index (χ2n) is 5.03. The number of anilines is 1. The Hall–Kier alpha value is -2.89. The van der Waals surface area contributed by atoms with Crippen molar-refractivity contribution in [1.29, 1.82) is 0 Å². The van der Waals surface area contributed by atoms with Crippen LogP contribution in [0.5, 0.6) is 0 Å². The highest BCUT2D eigenvalue weighted by Gasteiger charge is 2.13. The van der Waals surface area contributed by atoms with Gasteiger partial charge >= 0.3 is 12.0 Å². The molecule has 0 bridgehead atoms. The Morgan fingerprint density at radius 1 is 1.12 bits per heavy atom. The lowest BCUT2D eigenvalue weighted by Gasteiger charge is -2.11.